The zero-order valence-electron chi connectivity index (χ0n) is 12.3. The first-order valence-corrected chi connectivity index (χ1v) is 7.04. The van der Waals surface area contributed by atoms with Crippen molar-refractivity contribution < 1.29 is 23.4 Å². The number of piperidine rings is 1. The minimum absolute atomic E-state index is 0.113. The molecule has 0 aromatic rings. The average Bonchev–Trinajstić information content (AvgIpc) is 3.06. The number of rotatable bonds is 2. The van der Waals surface area contributed by atoms with Crippen molar-refractivity contribution >= 4 is 6.09 Å². The van der Waals surface area contributed by atoms with Gasteiger partial charge in [0.05, 0.1) is 12.0 Å². The van der Waals surface area contributed by atoms with Gasteiger partial charge in [-0.15, -0.1) is 0 Å². The van der Waals surface area contributed by atoms with Gasteiger partial charge in [-0.3, -0.25) is 0 Å². The Hall–Kier alpha value is -0.910. The number of halogens is 2. The summed E-state index contributed by atoms with van der Waals surface area (Å²) in [6.07, 6.45) is -1.31. The number of aliphatic hydroxyl groups is 1. The van der Waals surface area contributed by atoms with Gasteiger partial charge in [-0.1, -0.05) is 0 Å². The normalized spacial score (nSPS) is 28.9. The van der Waals surface area contributed by atoms with Crippen LogP contribution in [0, 0.1) is 5.41 Å². The number of carbonyl (C=O) groups is 1. The number of aliphatic hydroxyl groups excluding tert-OH is 1. The molecule has 1 heterocycles. The standard InChI is InChI=1S/C14H23F2NO3/c1-12(2,3)20-11(19)17-7-6-13(9-18,10(15)16)8-14(17)4-5-14/h10,18H,4-9H2,1-3H3. The number of carbonyl (C=O) groups excluding carboxylic acids is 1. The van der Waals surface area contributed by atoms with Crippen LogP contribution in [0.1, 0.15) is 46.5 Å². The number of alkyl halides is 2. The fourth-order valence-electron chi connectivity index (χ4n) is 2.99. The highest BCUT2D eigenvalue weighted by molar-refractivity contribution is 5.70. The lowest BCUT2D eigenvalue weighted by atomic mass is 9.75. The predicted octanol–water partition coefficient (Wildman–Crippen LogP) is 2.79. The van der Waals surface area contributed by atoms with Crippen LogP contribution in [0.4, 0.5) is 13.6 Å². The van der Waals surface area contributed by atoms with Crippen molar-refractivity contribution in [3.63, 3.8) is 0 Å². The van der Waals surface area contributed by atoms with E-state index in [1.54, 1.807) is 25.7 Å². The second kappa shape index (κ2) is 4.83. The summed E-state index contributed by atoms with van der Waals surface area (Å²) in [5, 5.41) is 9.37. The summed E-state index contributed by atoms with van der Waals surface area (Å²) in [6.45, 7) is 5.04. The molecule has 0 radical (unpaired) electrons. The van der Waals surface area contributed by atoms with Crippen LogP contribution in [0.5, 0.6) is 0 Å². The molecule has 1 saturated carbocycles. The Balaban J connectivity index is 2.12. The molecule has 4 nitrogen and oxygen atoms in total. The maximum Gasteiger partial charge on any atom is 0.410 e. The van der Waals surface area contributed by atoms with Crippen molar-refractivity contribution in [1.29, 1.82) is 0 Å². The molecule has 1 aliphatic heterocycles. The summed E-state index contributed by atoms with van der Waals surface area (Å²) in [6, 6.07) is 0. The van der Waals surface area contributed by atoms with E-state index in [-0.39, 0.29) is 19.4 Å². The molecule has 116 valence electrons. The van der Waals surface area contributed by atoms with Gasteiger partial charge >= 0.3 is 6.09 Å². The monoisotopic (exact) mass is 291 g/mol. The number of hydrogen-bond acceptors (Lipinski definition) is 3. The van der Waals surface area contributed by atoms with E-state index in [0.29, 0.717) is 12.8 Å². The molecule has 2 aliphatic rings. The van der Waals surface area contributed by atoms with Crippen LogP contribution in [-0.4, -0.2) is 46.8 Å². The molecule has 20 heavy (non-hydrogen) atoms. The van der Waals surface area contributed by atoms with E-state index < -0.39 is 35.7 Å². The summed E-state index contributed by atoms with van der Waals surface area (Å²) in [5.74, 6) is 0. The summed E-state index contributed by atoms with van der Waals surface area (Å²) >= 11 is 0. The SMILES string of the molecule is CC(C)(C)OC(=O)N1CCC(CO)(C(F)F)CC12CC2. The molecule has 1 amide bonds. The van der Waals surface area contributed by atoms with E-state index in [1.807, 2.05) is 0 Å². The molecule has 1 aliphatic carbocycles. The zero-order chi connectivity index (χ0) is 15.2. The first-order chi connectivity index (χ1) is 9.14. The van der Waals surface area contributed by atoms with Crippen molar-refractivity contribution in [2.45, 2.75) is 64.0 Å². The molecule has 2 fully saturated rings. The third-order valence-corrected chi connectivity index (χ3v) is 4.31. The molecular formula is C14H23F2NO3. The van der Waals surface area contributed by atoms with Gasteiger partial charge < -0.3 is 14.7 Å². The molecule has 0 aromatic heterocycles. The Morgan fingerprint density at radius 2 is 1.95 bits per heavy atom. The minimum Gasteiger partial charge on any atom is -0.444 e. The number of hydrogen-bond donors (Lipinski definition) is 1. The van der Waals surface area contributed by atoms with Crippen LogP contribution in [-0.2, 0) is 4.74 Å². The Bertz CT molecular complexity index is 390. The van der Waals surface area contributed by atoms with Crippen molar-refractivity contribution in [3.8, 4) is 0 Å². The van der Waals surface area contributed by atoms with E-state index in [4.69, 9.17) is 4.74 Å². The lowest BCUT2D eigenvalue weighted by molar-refractivity contribution is -0.100. The molecule has 0 aromatic carbocycles. The van der Waals surface area contributed by atoms with Crippen LogP contribution < -0.4 is 0 Å². The largest absolute Gasteiger partial charge is 0.444 e. The topological polar surface area (TPSA) is 49.8 Å². The van der Waals surface area contributed by atoms with E-state index >= 15 is 0 Å². The van der Waals surface area contributed by atoms with Gasteiger partial charge in [-0.05, 0) is 46.5 Å². The fourth-order valence-corrected chi connectivity index (χ4v) is 2.99. The molecular weight excluding hydrogens is 268 g/mol. The van der Waals surface area contributed by atoms with Gasteiger partial charge in [0, 0.05) is 12.1 Å². The van der Waals surface area contributed by atoms with Gasteiger partial charge in [-0.25, -0.2) is 13.6 Å². The smallest absolute Gasteiger partial charge is 0.410 e. The van der Waals surface area contributed by atoms with Gasteiger partial charge in [0.2, 0.25) is 6.43 Å². The Morgan fingerprint density at radius 3 is 2.35 bits per heavy atom. The highest BCUT2D eigenvalue weighted by atomic mass is 19.3. The van der Waals surface area contributed by atoms with Crippen LogP contribution >= 0.6 is 0 Å². The summed E-state index contributed by atoms with van der Waals surface area (Å²) in [4.78, 5) is 13.8. The molecule has 2 rings (SSSR count). The number of amides is 1. The van der Waals surface area contributed by atoms with E-state index in [0.717, 1.165) is 0 Å². The number of nitrogens with zero attached hydrogens (tertiary/aromatic N) is 1. The van der Waals surface area contributed by atoms with Crippen molar-refractivity contribution in [3.05, 3.63) is 0 Å². The lowest BCUT2D eigenvalue weighted by Crippen LogP contribution is -2.55. The Morgan fingerprint density at radius 1 is 1.35 bits per heavy atom. The molecule has 1 spiro atoms. The van der Waals surface area contributed by atoms with Crippen LogP contribution in [0.3, 0.4) is 0 Å². The summed E-state index contributed by atoms with van der Waals surface area (Å²) in [5.41, 5.74) is -2.49. The van der Waals surface area contributed by atoms with E-state index in [2.05, 4.69) is 0 Å². The van der Waals surface area contributed by atoms with Gasteiger partial charge in [0.25, 0.3) is 0 Å². The lowest BCUT2D eigenvalue weighted by Gasteiger charge is -2.46. The molecule has 1 saturated heterocycles. The second-order valence-electron chi connectivity index (χ2n) is 7.10. The molecule has 0 bridgehead atoms. The van der Waals surface area contributed by atoms with E-state index in [1.165, 1.54) is 0 Å². The van der Waals surface area contributed by atoms with Crippen molar-refractivity contribution in [2.24, 2.45) is 5.41 Å². The maximum absolute atomic E-state index is 13.3. The van der Waals surface area contributed by atoms with Crippen molar-refractivity contribution in [2.75, 3.05) is 13.2 Å². The highest BCUT2D eigenvalue weighted by Crippen LogP contribution is 2.55. The van der Waals surface area contributed by atoms with Gasteiger partial charge in [0.15, 0.2) is 0 Å². The third kappa shape index (κ3) is 2.75. The van der Waals surface area contributed by atoms with Gasteiger partial charge in [-0.2, -0.15) is 0 Å². The molecule has 1 atom stereocenters. The summed E-state index contributed by atoms with van der Waals surface area (Å²) < 4.78 is 31.9. The highest BCUT2D eigenvalue weighted by Gasteiger charge is 2.60. The first kappa shape index (κ1) is 15.5. The number of likely N-dealkylation sites (tertiary alicyclic amines) is 1. The van der Waals surface area contributed by atoms with Crippen molar-refractivity contribution in [1.82, 2.24) is 4.90 Å². The Kier molecular flexibility index (Phi) is 3.73. The second-order valence-corrected chi connectivity index (χ2v) is 7.10. The van der Waals surface area contributed by atoms with Gasteiger partial charge in [0.1, 0.15) is 5.60 Å². The number of ether oxygens (including phenoxy) is 1. The first-order valence-electron chi connectivity index (χ1n) is 7.04. The van der Waals surface area contributed by atoms with Crippen LogP contribution in [0.25, 0.3) is 0 Å². The summed E-state index contributed by atoms with van der Waals surface area (Å²) in [7, 11) is 0. The molecule has 6 heteroatoms. The third-order valence-electron chi connectivity index (χ3n) is 4.31. The average molecular weight is 291 g/mol. The van der Waals surface area contributed by atoms with Crippen LogP contribution in [0.2, 0.25) is 0 Å². The molecule has 1 N–H and O–H groups in total. The minimum atomic E-state index is -2.56. The maximum atomic E-state index is 13.3. The molecule has 1 unspecified atom stereocenters. The Labute approximate surface area is 118 Å². The fraction of sp³-hybridized carbons (Fsp3) is 0.929. The van der Waals surface area contributed by atoms with E-state index in [9.17, 15) is 18.7 Å². The predicted molar refractivity (Wildman–Crippen MR) is 69.7 cm³/mol. The van der Waals surface area contributed by atoms with Crippen LogP contribution in [0.15, 0.2) is 0 Å². The zero-order valence-corrected chi connectivity index (χ0v) is 12.3. The quantitative estimate of drug-likeness (QED) is 0.851.